The standard InChI is InChI=1S/C29H20O/c1-19-5-4-6-20(15-19)9-11-24-18-28-26-12-10-23-16-21-7-2-3-8-22(21)17-27(23)25(26)13-14-29(28)30-24/h2-18H,1H3/b11-9+. The molecule has 0 fully saturated rings. The molecule has 30 heavy (non-hydrogen) atoms. The average Bonchev–Trinajstić information content (AvgIpc) is 3.20. The second-order valence-corrected chi connectivity index (χ2v) is 7.95. The van der Waals surface area contributed by atoms with Crippen molar-refractivity contribution in [3.63, 3.8) is 0 Å². The molecule has 5 aromatic carbocycles. The van der Waals surface area contributed by atoms with Crippen LogP contribution in [0.1, 0.15) is 16.9 Å². The second-order valence-electron chi connectivity index (χ2n) is 7.95. The summed E-state index contributed by atoms with van der Waals surface area (Å²) in [7, 11) is 0. The third-order valence-electron chi connectivity index (χ3n) is 5.88. The molecule has 6 aromatic rings. The topological polar surface area (TPSA) is 13.1 Å². The molecule has 142 valence electrons. The van der Waals surface area contributed by atoms with E-state index >= 15 is 0 Å². The van der Waals surface area contributed by atoms with Crippen LogP contribution in [0, 0.1) is 6.92 Å². The number of furan rings is 1. The largest absolute Gasteiger partial charge is 0.457 e. The van der Waals surface area contributed by atoms with Crippen LogP contribution in [0.2, 0.25) is 0 Å². The van der Waals surface area contributed by atoms with Gasteiger partial charge in [0.25, 0.3) is 0 Å². The number of rotatable bonds is 2. The molecular weight excluding hydrogens is 364 g/mol. The number of benzene rings is 5. The third-order valence-corrected chi connectivity index (χ3v) is 5.88. The molecule has 0 radical (unpaired) electrons. The van der Waals surface area contributed by atoms with E-state index in [1.54, 1.807) is 0 Å². The second kappa shape index (κ2) is 6.60. The lowest BCUT2D eigenvalue weighted by Crippen LogP contribution is -1.80. The molecule has 1 aromatic heterocycles. The Morgan fingerprint density at radius 2 is 1.37 bits per heavy atom. The van der Waals surface area contributed by atoms with Crippen molar-refractivity contribution in [2.24, 2.45) is 0 Å². The van der Waals surface area contributed by atoms with Gasteiger partial charge in [-0.3, -0.25) is 0 Å². The zero-order valence-corrected chi connectivity index (χ0v) is 16.7. The van der Waals surface area contributed by atoms with Crippen LogP contribution in [0.15, 0.2) is 95.4 Å². The molecule has 0 aliphatic carbocycles. The zero-order valence-electron chi connectivity index (χ0n) is 16.7. The van der Waals surface area contributed by atoms with Crippen molar-refractivity contribution in [1.82, 2.24) is 0 Å². The minimum absolute atomic E-state index is 0.873. The summed E-state index contributed by atoms with van der Waals surface area (Å²) >= 11 is 0. The molecule has 0 saturated heterocycles. The summed E-state index contributed by atoms with van der Waals surface area (Å²) in [6, 6.07) is 32.5. The first kappa shape index (κ1) is 17.1. The highest BCUT2D eigenvalue weighted by Gasteiger charge is 2.09. The normalized spacial score (nSPS) is 12.0. The Labute approximate surface area is 174 Å². The molecule has 0 N–H and O–H groups in total. The highest BCUT2D eigenvalue weighted by Crippen LogP contribution is 2.35. The van der Waals surface area contributed by atoms with Crippen molar-refractivity contribution >= 4 is 55.4 Å². The van der Waals surface area contributed by atoms with E-state index in [2.05, 4.69) is 110 Å². The highest BCUT2D eigenvalue weighted by molar-refractivity contribution is 6.18. The molecule has 0 aliphatic heterocycles. The van der Waals surface area contributed by atoms with Crippen LogP contribution in [-0.4, -0.2) is 0 Å². The van der Waals surface area contributed by atoms with E-state index in [-0.39, 0.29) is 0 Å². The Bertz CT molecular complexity index is 1600. The molecule has 1 heteroatoms. The molecule has 1 heterocycles. The van der Waals surface area contributed by atoms with E-state index in [1.807, 2.05) is 0 Å². The molecule has 0 amide bonds. The van der Waals surface area contributed by atoms with E-state index in [9.17, 15) is 0 Å². The van der Waals surface area contributed by atoms with Crippen molar-refractivity contribution in [3.8, 4) is 0 Å². The minimum atomic E-state index is 0.873. The average molecular weight is 384 g/mol. The van der Waals surface area contributed by atoms with Gasteiger partial charge in [0.15, 0.2) is 0 Å². The first-order chi connectivity index (χ1) is 14.7. The quantitative estimate of drug-likeness (QED) is 0.216. The minimum Gasteiger partial charge on any atom is -0.457 e. The number of fused-ring (bicyclic) bond motifs is 6. The number of hydrogen-bond acceptors (Lipinski definition) is 1. The Morgan fingerprint density at radius 1 is 0.567 bits per heavy atom. The van der Waals surface area contributed by atoms with E-state index in [4.69, 9.17) is 4.42 Å². The molecule has 0 atom stereocenters. The predicted octanol–water partition coefficient (Wildman–Crippen LogP) is 8.37. The fourth-order valence-corrected chi connectivity index (χ4v) is 4.40. The first-order valence-electron chi connectivity index (χ1n) is 10.3. The van der Waals surface area contributed by atoms with Gasteiger partial charge in [-0.05, 0) is 75.1 Å². The van der Waals surface area contributed by atoms with Crippen molar-refractivity contribution in [2.75, 3.05) is 0 Å². The van der Waals surface area contributed by atoms with Crippen molar-refractivity contribution in [3.05, 3.63) is 108 Å². The van der Waals surface area contributed by atoms with Crippen LogP contribution >= 0.6 is 0 Å². The smallest absolute Gasteiger partial charge is 0.135 e. The molecule has 0 bridgehead atoms. The highest BCUT2D eigenvalue weighted by atomic mass is 16.3. The summed E-state index contributed by atoms with van der Waals surface area (Å²) in [6.45, 7) is 2.11. The number of aryl methyl sites for hydroxylation is 1. The van der Waals surface area contributed by atoms with Gasteiger partial charge in [-0.15, -0.1) is 0 Å². The van der Waals surface area contributed by atoms with Gasteiger partial charge in [-0.1, -0.05) is 78.4 Å². The van der Waals surface area contributed by atoms with Gasteiger partial charge in [0, 0.05) is 5.39 Å². The van der Waals surface area contributed by atoms with Gasteiger partial charge in [-0.2, -0.15) is 0 Å². The monoisotopic (exact) mass is 384 g/mol. The van der Waals surface area contributed by atoms with Gasteiger partial charge >= 0.3 is 0 Å². The fraction of sp³-hybridized carbons (Fsp3) is 0.0345. The molecule has 0 spiro atoms. The van der Waals surface area contributed by atoms with E-state index in [0.717, 1.165) is 16.7 Å². The van der Waals surface area contributed by atoms with Gasteiger partial charge in [0.05, 0.1) is 0 Å². The van der Waals surface area contributed by atoms with Crippen molar-refractivity contribution < 1.29 is 4.42 Å². The van der Waals surface area contributed by atoms with E-state index in [0.29, 0.717) is 0 Å². The van der Waals surface area contributed by atoms with Crippen molar-refractivity contribution in [2.45, 2.75) is 6.92 Å². The molecule has 0 saturated carbocycles. The van der Waals surface area contributed by atoms with Crippen LogP contribution in [0.4, 0.5) is 0 Å². The Balaban J connectivity index is 1.52. The molecule has 6 rings (SSSR count). The summed E-state index contributed by atoms with van der Waals surface area (Å²) in [5, 5.41) is 8.75. The molecular formula is C29H20O. The van der Waals surface area contributed by atoms with Crippen LogP contribution < -0.4 is 0 Å². The molecule has 0 unspecified atom stereocenters. The Hall–Kier alpha value is -3.84. The number of hydrogen-bond donors (Lipinski definition) is 0. The zero-order chi connectivity index (χ0) is 20.1. The van der Waals surface area contributed by atoms with Gasteiger partial charge < -0.3 is 4.42 Å². The lowest BCUT2D eigenvalue weighted by molar-refractivity contribution is 0.605. The predicted molar refractivity (Wildman–Crippen MR) is 129 cm³/mol. The van der Waals surface area contributed by atoms with Gasteiger partial charge in [0.2, 0.25) is 0 Å². The van der Waals surface area contributed by atoms with Crippen LogP contribution in [-0.2, 0) is 0 Å². The summed E-state index contributed by atoms with van der Waals surface area (Å²) in [6.07, 6.45) is 4.16. The van der Waals surface area contributed by atoms with Crippen molar-refractivity contribution in [1.29, 1.82) is 0 Å². The fourth-order valence-electron chi connectivity index (χ4n) is 4.40. The Morgan fingerprint density at radius 3 is 2.23 bits per heavy atom. The molecule has 0 aliphatic rings. The van der Waals surface area contributed by atoms with E-state index in [1.165, 1.54) is 43.4 Å². The van der Waals surface area contributed by atoms with Gasteiger partial charge in [-0.25, -0.2) is 0 Å². The Kier molecular flexibility index (Phi) is 3.75. The van der Waals surface area contributed by atoms with Crippen LogP contribution in [0.3, 0.4) is 0 Å². The maximum atomic E-state index is 6.12. The van der Waals surface area contributed by atoms with Gasteiger partial charge in [0.1, 0.15) is 11.3 Å². The third kappa shape index (κ3) is 2.79. The van der Waals surface area contributed by atoms with Crippen LogP contribution in [0.5, 0.6) is 0 Å². The summed E-state index contributed by atoms with van der Waals surface area (Å²) in [5.41, 5.74) is 3.36. The SMILES string of the molecule is Cc1cccc(/C=C/c2cc3c(ccc4c5cc6ccccc6cc5ccc34)o2)c1. The first-order valence-corrected chi connectivity index (χ1v) is 10.3. The van der Waals surface area contributed by atoms with Crippen LogP contribution in [0.25, 0.3) is 55.4 Å². The lowest BCUT2D eigenvalue weighted by atomic mass is 9.97. The maximum Gasteiger partial charge on any atom is 0.135 e. The molecule has 1 nitrogen and oxygen atoms in total. The maximum absolute atomic E-state index is 6.12. The summed E-state index contributed by atoms with van der Waals surface area (Å²) in [5.74, 6) is 0.873. The summed E-state index contributed by atoms with van der Waals surface area (Å²) < 4.78 is 6.12. The lowest BCUT2D eigenvalue weighted by Gasteiger charge is -2.07. The van der Waals surface area contributed by atoms with E-state index < -0.39 is 0 Å². The summed E-state index contributed by atoms with van der Waals surface area (Å²) in [4.78, 5) is 0.